The number of nitrogen functional groups attached to an aromatic ring is 1. The minimum atomic E-state index is -0.736. The van der Waals surface area contributed by atoms with Gasteiger partial charge in [0.2, 0.25) is 5.95 Å². The number of nitrogens with zero attached hydrogens (tertiary/aromatic N) is 8. The number of aromatic nitrogens is 6. The van der Waals surface area contributed by atoms with E-state index in [0.29, 0.717) is 29.2 Å². The van der Waals surface area contributed by atoms with E-state index in [0.717, 1.165) is 43.0 Å². The quantitative estimate of drug-likeness (QED) is 0.390. The van der Waals surface area contributed by atoms with Gasteiger partial charge in [0.05, 0.1) is 41.5 Å². The summed E-state index contributed by atoms with van der Waals surface area (Å²) in [5, 5.41) is 26.7. The van der Waals surface area contributed by atoms with Gasteiger partial charge in [0.25, 0.3) is 0 Å². The molecule has 1 saturated heterocycles. The first-order chi connectivity index (χ1) is 18.0. The summed E-state index contributed by atoms with van der Waals surface area (Å²) in [7, 11) is 0. The number of nitrogens with two attached hydrogens (primary N) is 1. The van der Waals surface area contributed by atoms with Crippen LogP contribution in [0.5, 0.6) is 0 Å². The van der Waals surface area contributed by atoms with Crippen molar-refractivity contribution in [2.24, 2.45) is 5.92 Å². The summed E-state index contributed by atoms with van der Waals surface area (Å²) in [6.45, 7) is 2.00. The first-order valence-electron chi connectivity index (χ1n) is 11.9. The van der Waals surface area contributed by atoms with Crippen LogP contribution in [0.4, 0.5) is 11.8 Å². The number of aliphatic carboxylic acids is 1. The van der Waals surface area contributed by atoms with Crippen LogP contribution in [-0.2, 0) is 11.3 Å². The fourth-order valence-electron chi connectivity index (χ4n) is 4.50. The van der Waals surface area contributed by atoms with Gasteiger partial charge < -0.3 is 15.7 Å². The van der Waals surface area contributed by atoms with Crippen LogP contribution in [0.1, 0.15) is 30.5 Å². The highest BCUT2D eigenvalue weighted by Crippen LogP contribution is 2.26. The van der Waals surface area contributed by atoms with Crippen LogP contribution in [0.15, 0.2) is 54.7 Å². The molecule has 1 aliphatic rings. The summed E-state index contributed by atoms with van der Waals surface area (Å²) >= 11 is 0. The van der Waals surface area contributed by atoms with Crippen LogP contribution in [0.3, 0.4) is 0 Å². The van der Waals surface area contributed by atoms with Crippen LogP contribution in [-0.4, -0.2) is 54.1 Å². The summed E-state index contributed by atoms with van der Waals surface area (Å²) in [5.41, 5.74) is 9.76. The molecule has 3 aromatic heterocycles. The topological polar surface area (TPSA) is 160 Å². The maximum Gasteiger partial charge on any atom is 0.303 e. The largest absolute Gasteiger partial charge is 0.481 e. The second-order valence-electron chi connectivity index (χ2n) is 9.01. The number of carboxylic acid groups (broad SMARTS) is 1. The standard InChI is InChI=1S/C26H25N9O2/c27-14-18-3-1-4-19(11-18)21-13-22(31-26(28)30-21)23-16-35(33-32-23)15-20-5-2-6-24(29-20)34-9-7-17(8-10-34)12-25(36)37/h1-6,11,13,16-17H,7-10,12,15H2,(H,36,37)(H2,28,30,31). The minimum absolute atomic E-state index is 0.103. The number of benzene rings is 1. The number of nitriles is 1. The van der Waals surface area contributed by atoms with Crippen molar-refractivity contribution >= 4 is 17.7 Å². The predicted octanol–water partition coefficient (Wildman–Crippen LogP) is 2.99. The summed E-state index contributed by atoms with van der Waals surface area (Å²) in [6.07, 6.45) is 3.69. The lowest BCUT2D eigenvalue weighted by Crippen LogP contribution is -2.35. The van der Waals surface area contributed by atoms with E-state index >= 15 is 0 Å². The van der Waals surface area contributed by atoms with Crippen molar-refractivity contribution in [1.29, 1.82) is 5.26 Å². The van der Waals surface area contributed by atoms with Crippen molar-refractivity contribution in [1.82, 2.24) is 29.9 Å². The molecule has 37 heavy (non-hydrogen) atoms. The van der Waals surface area contributed by atoms with E-state index in [1.54, 1.807) is 35.1 Å². The number of hydrogen-bond acceptors (Lipinski definition) is 9. The molecule has 0 bridgehead atoms. The predicted molar refractivity (Wildman–Crippen MR) is 136 cm³/mol. The second-order valence-corrected chi connectivity index (χ2v) is 9.01. The Hall–Kier alpha value is -4.85. The maximum atomic E-state index is 11.0. The van der Waals surface area contributed by atoms with Gasteiger partial charge in [-0.3, -0.25) is 4.79 Å². The third kappa shape index (κ3) is 5.70. The third-order valence-corrected chi connectivity index (χ3v) is 6.35. The minimum Gasteiger partial charge on any atom is -0.481 e. The van der Waals surface area contributed by atoms with Gasteiger partial charge in [-0.2, -0.15) is 5.26 Å². The number of rotatable bonds is 7. The Bertz CT molecular complexity index is 1470. The Morgan fingerprint density at radius 2 is 1.84 bits per heavy atom. The van der Waals surface area contributed by atoms with Gasteiger partial charge in [-0.15, -0.1) is 5.10 Å². The van der Waals surface area contributed by atoms with Gasteiger partial charge in [0.1, 0.15) is 11.5 Å². The number of anilines is 2. The molecular formula is C26H25N9O2. The molecule has 0 amide bonds. The zero-order valence-electron chi connectivity index (χ0n) is 20.0. The van der Waals surface area contributed by atoms with Crippen molar-refractivity contribution in [3.63, 3.8) is 0 Å². The highest BCUT2D eigenvalue weighted by atomic mass is 16.4. The Kier molecular flexibility index (Phi) is 6.72. The average Bonchev–Trinajstić information content (AvgIpc) is 3.37. The molecule has 4 heterocycles. The molecule has 1 aliphatic heterocycles. The molecule has 5 rings (SSSR count). The average molecular weight is 496 g/mol. The number of pyridine rings is 1. The molecule has 0 radical (unpaired) electrons. The molecule has 11 heteroatoms. The van der Waals surface area contributed by atoms with E-state index in [9.17, 15) is 10.1 Å². The lowest BCUT2D eigenvalue weighted by atomic mass is 9.94. The van der Waals surface area contributed by atoms with E-state index in [4.69, 9.17) is 15.8 Å². The Balaban J connectivity index is 1.30. The highest BCUT2D eigenvalue weighted by Gasteiger charge is 2.22. The molecule has 1 fully saturated rings. The molecule has 0 aliphatic carbocycles. The lowest BCUT2D eigenvalue weighted by molar-refractivity contribution is -0.138. The van der Waals surface area contributed by atoms with Gasteiger partial charge in [-0.05, 0) is 49.1 Å². The zero-order chi connectivity index (χ0) is 25.8. The Labute approximate surface area is 213 Å². The molecule has 0 unspecified atom stereocenters. The van der Waals surface area contributed by atoms with Gasteiger partial charge in [-0.25, -0.2) is 19.6 Å². The van der Waals surface area contributed by atoms with E-state index in [2.05, 4.69) is 31.2 Å². The normalized spacial score (nSPS) is 13.9. The monoisotopic (exact) mass is 495 g/mol. The first-order valence-corrected chi connectivity index (χ1v) is 11.9. The van der Waals surface area contributed by atoms with Gasteiger partial charge >= 0.3 is 5.97 Å². The first kappa shape index (κ1) is 23.9. The van der Waals surface area contributed by atoms with Gasteiger partial charge in [0, 0.05) is 25.1 Å². The fraction of sp³-hybridized carbons (Fsp3) is 0.269. The maximum absolute atomic E-state index is 11.0. The van der Waals surface area contributed by atoms with Crippen molar-refractivity contribution in [2.45, 2.75) is 25.8 Å². The van der Waals surface area contributed by atoms with Crippen LogP contribution in [0.2, 0.25) is 0 Å². The molecule has 11 nitrogen and oxygen atoms in total. The van der Waals surface area contributed by atoms with Gasteiger partial charge in [-0.1, -0.05) is 23.4 Å². The summed E-state index contributed by atoms with van der Waals surface area (Å²) in [5.74, 6) is 0.460. The summed E-state index contributed by atoms with van der Waals surface area (Å²) in [4.78, 5) is 26.6. The second kappa shape index (κ2) is 10.4. The van der Waals surface area contributed by atoms with Crippen LogP contribution in [0, 0.1) is 17.2 Å². The Morgan fingerprint density at radius 1 is 1.05 bits per heavy atom. The molecule has 0 spiro atoms. The molecule has 1 aromatic carbocycles. The van der Waals surface area contributed by atoms with E-state index in [1.165, 1.54) is 0 Å². The van der Waals surface area contributed by atoms with Crippen molar-refractivity contribution in [2.75, 3.05) is 23.7 Å². The third-order valence-electron chi connectivity index (χ3n) is 6.35. The van der Waals surface area contributed by atoms with Crippen molar-refractivity contribution in [3.05, 3.63) is 66.0 Å². The molecule has 0 saturated carbocycles. The summed E-state index contributed by atoms with van der Waals surface area (Å²) in [6, 6.07) is 16.9. The Morgan fingerprint density at radius 3 is 2.62 bits per heavy atom. The smallest absolute Gasteiger partial charge is 0.303 e. The lowest BCUT2D eigenvalue weighted by Gasteiger charge is -2.32. The SMILES string of the molecule is N#Cc1cccc(-c2cc(-c3cn(Cc4cccc(N5CCC(CC(=O)O)CC5)n4)nn3)nc(N)n2)c1. The van der Waals surface area contributed by atoms with Crippen molar-refractivity contribution in [3.8, 4) is 28.7 Å². The molecule has 4 aromatic rings. The summed E-state index contributed by atoms with van der Waals surface area (Å²) < 4.78 is 1.69. The zero-order valence-corrected chi connectivity index (χ0v) is 20.0. The van der Waals surface area contributed by atoms with Crippen LogP contribution >= 0.6 is 0 Å². The van der Waals surface area contributed by atoms with Gasteiger partial charge in [0.15, 0.2) is 0 Å². The number of piperidine rings is 1. The molecule has 3 N–H and O–H groups in total. The highest BCUT2D eigenvalue weighted by molar-refractivity contribution is 5.68. The number of carboxylic acids is 1. The van der Waals surface area contributed by atoms with E-state index in [1.807, 2.05) is 24.3 Å². The van der Waals surface area contributed by atoms with E-state index in [-0.39, 0.29) is 18.3 Å². The van der Waals surface area contributed by atoms with E-state index < -0.39 is 5.97 Å². The number of carbonyl (C=O) groups is 1. The molecule has 186 valence electrons. The number of hydrogen-bond donors (Lipinski definition) is 2. The molecular weight excluding hydrogens is 470 g/mol. The van der Waals surface area contributed by atoms with Crippen LogP contribution in [0.25, 0.3) is 22.6 Å². The fourth-order valence-corrected chi connectivity index (χ4v) is 4.50. The van der Waals surface area contributed by atoms with Crippen molar-refractivity contribution < 1.29 is 9.90 Å². The van der Waals surface area contributed by atoms with Crippen LogP contribution < -0.4 is 10.6 Å². The molecule has 0 atom stereocenters.